The smallest absolute Gasteiger partial charge is 0.225 e. The van der Waals surface area contributed by atoms with Gasteiger partial charge in [0.1, 0.15) is 0 Å². The second-order valence-corrected chi connectivity index (χ2v) is 5.89. The van der Waals surface area contributed by atoms with Gasteiger partial charge in [0.15, 0.2) is 5.82 Å². The summed E-state index contributed by atoms with van der Waals surface area (Å²) in [5.41, 5.74) is 7.22. The van der Waals surface area contributed by atoms with Crippen LogP contribution < -0.4 is 11.1 Å². The van der Waals surface area contributed by atoms with Gasteiger partial charge in [-0.2, -0.15) is 5.10 Å². The molecule has 0 spiro atoms. The molecule has 1 saturated carbocycles. The molecular weight excluding hydrogens is 294 g/mol. The van der Waals surface area contributed by atoms with E-state index in [9.17, 15) is 9.59 Å². The SMILES string of the molecule is NC(=O)C1CC(c2cc(NC(=O)CCc3cccnc3)n[nH]2)C1. The minimum atomic E-state index is -0.246. The fourth-order valence-corrected chi connectivity index (χ4v) is 2.72. The Bertz CT molecular complexity index is 692. The zero-order valence-electron chi connectivity index (χ0n) is 12.7. The first-order valence-electron chi connectivity index (χ1n) is 7.65. The van der Waals surface area contributed by atoms with E-state index in [1.165, 1.54) is 0 Å². The zero-order chi connectivity index (χ0) is 16.2. The van der Waals surface area contributed by atoms with E-state index >= 15 is 0 Å². The number of hydrogen-bond acceptors (Lipinski definition) is 4. The lowest BCUT2D eigenvalue weighted by Gasteiger charge is -2.31. The number of aromatic amines is 1. The fourth-order valence-electron chi connectivity index (χ4n) is 2.72. The van der Waals surface area contributed by atoms with Gasteiger partial charge >= 0.3 is 0 Å². The number of carbonyl (C=O) groups excluding carboxylic acids is 2. The van der Waals surface area contributed by atoms with Crippen molar-refractivity contribution in [2.45, 2.75) is 31.6 Å². The predicted molar refractivity (Wildman–Crippen MR) is 84.4 cm³/mol. The van der Waals surface area contributed by atoms with E-state index < -0.39 is 0 Å². The normalized spacial score (nSPS) is 19.8. The molecule has 120 valence electrons. The Morgan fingerprint density at radius 2 is 2.22 bits per heavy atom. The Balaban J connectivity index is 1.47. The number of pyridine rings is 1. The number of aromatic nitrogens is 3. The summed E-state index contributed by atoms with van der Waals surface area (Å²) in [4.78, 5) is 27.0. The molecular formula is C16H19N5O2. The van der Waals surface area contributed by atoms with E-state index in [4.69, 9.17) is 5.73 Å². The Morgan fingerprint density at radius 1 is 1.39 bits per heavy atom. The molecule has 0 saturated heterocycles. The Kier molecular flexibility index (Phi) is 4.36. The summed E-state index contributed by atoms with van der Waals surface area (Å²) in [7, 11) is 0. The number of nitrogens with one attached hydrogen (secondary N) is 2. The third kappa shape index (κ3) is 3.74. The molecule has 2 aromatic heterocycles. The molecule has 0 atom stereocenters. The van der Waals surface area contributed by atoms with Crippen LogP contribution in [0.5, 0.6) is 0 Å². The maximum absolute atomic E-state index is 11.9. The van der Waals surface area contributed by atoms with Crippen molar-refractivity contribution in [1.82, 2.24) is 15.2 Å². The van der Waals surface area contributed by atoms with E-state index in [1.54, 1.807) is 12.4 Å². The molecule has 2 aromatic rings. The number of rotatable bonds is 6. The monoisotopic (exact) mass is 313 g/mol. The fraction of sp³-hybridized carbons (Fsp3) is 0.375. The van der Waals surface area contributed by atoms with Crippen LogP contribution in [0.25, 0.3) is 0 Å². The van der Waals surface area contributed by atoms with Crippen molar-refractivity contribution in [3.63, 3.8) is 0 Å². The summed E-state index contributed by atoms with van der Waals surface area (Å²) >= 11 is 0. The van der Waals surface area contributed by atoms with Gasteiger partial charge in [-0.05, 0) is 30.9 Å². The molecule has 3 rings (SSSR count). The van der Waals surface area contributed by atoms with Crippen LogP contribution in [0.4, 0.5) is 5.82 Å². The number of hydrogen-bond donors (Lipinski definition) is 3. The van der Waals surface area contributed by atoms with Crippen molar-refractivity contribution in [3.8, 4) is 0 Å². The predicted octanol–water partition coefficient (Wildman–Crippen LogP) is 1.35. The number of amides is 2. The summed E-state index contributed by atoms with van der Waals surface area (Å²) in [6.45, 7) is 0. The average Bonchev–Trinajstić information content (AvgIpc) is 2.92. The van der Waals surface area contributed by atoms with Crippen molar-refractivity contribution < 1.29 is 9.59 Å². The van der Waals surface area contributed by atoms with Gasteiger partial charge in [-0.25, -0.2) is 0 Å². The van der Waals surface area contributed by atoms with Gasteiger partial charge in [0.2, 0.25) is 11.8 Å². The first-order chi connectivity index (χ1) is 11.1. The summed E-state index contributed by atoms with van der Waals surface area (Å²) in [5, 5.41) is 9.79. The Labute approximate surface area is 133 Å². The van der Waals surface area contributed by atoms with Gasteiger partial charge in [-0.1, -0.05) is 6.07 Å². The van der Waals surface area contributed by atoms with Crippen molar-refractivity contribution >= 4 is 17.6 Å². The second kappa shape index (κ2) is 6.60. The molecule has 2 amide bonds. The molecule has 4 N–H and O–H groups in total. The van der Waals surface area contributed by atoms with E-state index in [-0.39, 0.29) is 23.7 Å². The minimum absolute atomic E-state index is 0.0409. The summed E-state index contributed by atoms with van der Waals surface area (Å²) in [6, 6.07) is 5.62. The van der Waals surface area contributed by atoms with Crippen LogP contribution in [0.1, 0.15) is 36.4 Å². The second-order valence-electron chi connectivity index (χ2n) is 5.89. The number of nitrogens with zero attached hydrogens (tertiary/aromatic N) is 2. The molecule has 1 aliphatic rings. The van der Waals surface area contributed by atoms with E-state index in [0.29, 0.717) is 18.7 Å². The highest BCUT2D eigenvalue weighted by Crippen LogP contribution is 2.40. The lowest BCUT2D eigenvalue weighted by Crippen LogP contribution is -2.33. The van der Waals surface area contributed by atoms with Gasteiger partial charge in [-0.15, -0.1) is 0 Å². The van der Waals surface area contributed by atoms with E-state index in [1.807, 2.05) is 18.2 Å². The van der Waals surface area contributed by atoms with E-state index in [2.05, 4.69) is 20.5 Å². The standard InChI is InChI=1S/C16H19N5O2/c17-16(23)12-6-11(7-12)13-8-14(21-20-13)19-15(22)4-3-10-2-1-5-18-9-10/h1-2,5,8-9,11-12H,3-4,6-7H2,(H2,17,23)(H2,19,20,21,22). The molecule has 7 heteroatoms. The van der Waals surface area contributed by atoms with Gasteiger partial charge in [0.25, 0.3) is 0 Å². The largest absolute Gasteiger partial charge is 0.369 e. The topological polar surface area (TPSA) is 114 Å². The first kappa shape index (κ1) is 15.2. The van der Waals surface area contributed by atoms with Crippen LogP contribution in [-0.2, 0) is 16.0 Å². The van der Waals surface area contributed by atoms with Crippen molar-refractivity contribution in [2.75, 3.05) is 5.32 Å². The number of nitrogens with two attached hydrogens (primary N) is 1. The molecule has 0 radical (unpaired) electrons. The lowest BCUT2D eigenvalue weighted by atomic mass is 9.73. The van der Waals surface area contributed by atoms with E-state index in [0.717, 1.165) is 24.1 Å². The van der Waals surface area contributed by atoms with Crippen molar-refractivity contribution in [1.29, 1.82) is 0 Å². The molecule has 23 heavy (non-hydrogen) atoms. The average molecular weight is 313 g/mol. The number of carbonyl (C=O) groups is 2. The molecule has 1 fully saturated rings. The van der Waals surface area contributed by atoms with Crippen LogP contribution in [-0.4, -0.2) is 27.0 Å². The minimum Gasteiger partial charge on any atom is -0.369 e. The van der Waals surface area contributed by atoms with Crippen LogP contribution in [0.3, 0.4) is 0 Å². The zero-order valence-corrected chi connectivity index (χ0v) is 12.7. The van der Waals surface area contributed by atoms with Gasteiger partial charge in [0.05, 0.1) is 0 Å². The van der Waals surface area contributed by atoms with Gasteiger partial charge in [0, 0.05) is 42.4 Å². The third-order valence-electron chi connectivity index (χ3n) is 4.21. The quantitative estimate of drug-likeness (QED) is 0.747. The summed E-state index contributed by atoms with van der Waals surface area (Å²) in [6.07, 6.45) is 5.96. The van der Waals surface area contributed by atoms with Gasteiger partial charge < -0.3 is 11.1 Å². The molecule has 2 heterocycles. The maximum Gasteiger partial charge on any atom is 0.225 e. The number of aryl methyl sites for hydroxylation is 1. The van der Waals surface area contributed by atoms with Crippen molar-refractivity contribution in [2.24, 2.45) is 11.7 Å². The summed E-state index contributed by atoms with van der Waals surface area (Å²) in [5.74, 6) is 0.404. The molecule has 0 bridgehead atoms. The molecule has 0 unspecified atom stereocenters. The Hall–Kier alpha value is -2.70. The highest BCUT2D eigenvalue weighted by molar-refractivity contribution is 5.89. The molecule has 1 aliphatic carbocycles. The van der Waals surface area contributed by atoms with Crippen LogP contribution in [0, 0.1) is 5.92 Å². The van der Waals surface area contributed by atoms with Gasteiger partial charge in [-0.3, -0.25) is 19.7 Å². The Morgan fingerprint density at radius 3 is 2.91 bits per heavy atom. The lowest BCUT2D eigenvalue weighted by molar-refractivity contribution is -0.124. The molecule has 0 aliphatic heterocycles. The van der Waals surface area contributed by atoms with Crippen LogP contribution in [0.2, 0.25) is 0 Å². The number of H-pyrrole nitrogens is 1. The van der Waals surface area contributed by atoms with Crippen LogP contribution >= 0.6 is 0 Å². The molecule has 7 nitrogen and oxygen atoms in total. The van der Waals surface area contributed by atoms with Crippen LogP contribution in [0.15, 0.2) is 30.6 Å². The van der Waals surface area contributed by atoms with Crippen molar-refractivity contribution in [3.05, 3.63) is 41.9 Å². The summed E-state index contributed by atoms with van der Waals surface area (Å²) < 4.78 is 0. The first-order valence-corrected chi connectivity index (χ1v) is 7.65. The number of anilines is 1. The maximum atomic E-state index is 11.9. The highest BCUT2D eigenvalue weighted by atomic mass is 16.2. The number of primary amides is 1. The highest BCUT2D eigenvalue weighted by Gasteiger charge is 2.35. The molecule has 0 aromatic carbocycles. The third-order valence-corrected chi connectivity index (χ3v) is 4.21.